The van der Waals surface area contributed by atoms with Gasteiger partial charge in [-0.1, -0.05) is 20.3 Å². The van der Waals surface area contributed by atoms with Crippen LogP contribution in [0.2, 0.25) is 0 Å². The van der Waals surface area contributed by atoms with Gasteiger partial charge >= 0.3 is 0 Å². The Morgan fingerprint density at radius 3 is 2.62 bits per heavy atom. The molecule has 0 amide bonds. The van der Waals surface area contributed by atoms with E-state index in [4.69, 9.17) is 5.84 Å². The summed E-state index contributed by atoms with van der Waals surface area (Å²) in [6.45, 7) is 4.07. The van der Waals surface area contributed by atoms with E-state index in [2.05, 4.69) is 5.43 Å². The van der Waals surface area contributed by atoms with Crippen molar-refractivity contribution in [3.8, 4) is 0 Å². The van der Waals surface area contributed by atoms with E-state index >= 15 is 0 Å². The number of halogens is 2. The fourth-order valence-electron chi connectivity index (χ4n) is 1.65. The van der Waals surface area contributed by atoms with Crippen molar-refractivity contribution in [2.75, 3.05) is 0 Å². The molecule has 0 heterocycles. The van der Waals surface area contributed by atoms with Gasteiger partial charge in [-0.3, -0.25) is 11.3 Å². The lowest BCUT2D eigenvalue weighted by atomic mass is 9.93. The highest BCUT2D eigenvalue weighted by Gasteiger charge is 2.16. The first-order valence-electron chi connectivity index (χ1n) is 5.48. The third-order valence-corrected chi connectivity index (χ3v) is 2.99. The average Bonchev–Trinajstić information content (AvgIpc) is 2.29. The molecule has 0 aliphatic carbocycles. The molecule has 0 aliphatic rings. The molecule has 2 atom stereocenters. The largest absolute Gasteiger partial charge is 0.271 e. The lowest BCUT2D eigenvalue weighted by Crippen LogP contribution is -2.41. The molecular weight excluding hydrogens is 210 g/mol. The number of nitrogens with one attached hydrogen (secondary N) is 1. The van der Waals surface area contributed by atoms with E-state index in [0.29, 0.717) is 17.9 Å². The number of nitrogens with two attached hydrogens (primary N) is 1. The van der Waals surface area contributed by atoms with Crippen molar-refractivity contribution in [3.05, 3.63) is 35.4 Å². The highest BCUT2D eigenvalue weighted by atomic mass is 19.1. The molecule has 0 spiro atoms. The molecule has 0 radical (unpaired) electrons. The Hall–Kier alpha value is -1.00. The molecule has 0 saturated heterocycles. The molecule has 0 bridgehead atoms. The van der Waals surface area contributed by atoms with Crippen LogP contribution in [0.1, 0.15) is 25.8 Å². The predicted molar refractivity (Wildman–Crippen MR) is 60.6 cm³/mol. The molecule has 0 saturated carbocycles. The highest BCUT2D eigenvalue weighted by molar-refractivity contribution is 5.19. The molecule has 1 aromatic carbocycles. The van der Waals surface area contributed by atoms with Crippen LogP contribution < -0.4 is 11.3 Å². The Morgan fingerprint density at radius 2 is 2.06 bits per heavy atom. The molecule has 4 heteroatoms. The second-order valence-corrected chi connectivity index (χ2v) is 4.10. The van der Waals surface area contributed by atoms with Gasteiger partial charge in [0.15, 0.2) is 0 Å². The lowest BCUT2D eigenvalue weighted by Gasteiger charge is -2.22. The third-order valence-electron chi connectivity index (χ3n) is 2.99. The molecule has 1 aromatic rings. The van der Waals surface area contributed by atoms with Crippen molar-refractivity contribution in [3.63, 3.8) is 0 Å². The number of hydrogen-bond donors (Lipinski definition) is 2. The van der Waals surface area contributed by atoms with Crippen LogP contribution >= 0.6 is 0 Å². The van der Waals surface area contributed by atoms with E-state index in [-0.39, 0.29) is 11.9 Å². The van der Waals surface area contributed by atoms with Crippen molar-refractivity contribution in [1.29, 1.82) is 0 Å². The number of benzene rings is 1. The Kier molecular flexibility index (Phi) is 4.83. The lowest BCUT2D eigenvalue weighted by molar-refractivity contribution is 0.365. The van der Waals surface area contributed by atoms with E-state index < -0.39 is 5.82 Å². The van der Waals surface area contributed by atoms with Gasteiger partial charge in [-0.25, -0.2) is 8.78 Å². The summed E-state index contributed by atoms with van der Waals surface area (Å²) in [6.07, 6.45) is 1.33. The molecule has 0 aliphatic heterocycles. The first-order valence-corrected chi connectivity index (χ1v) is 5.48. The monoisotopic (exact) mass is 228 g/mol. The van der Waals surface area contributed by atoms with Crippen LogP contribution in [0.5, 0.6) is 0 Å². The van der Waals surface area contributed by atoms with Crippen LogP contribution in [-0.4, -0.2) is 6.04 Å². The van der Waals surface area contributed by atoms with Crippen molar-refractivity contribution >= 4 is 0 Å². The first-order chi connectivity index (χ1) is 7.58. The maximum absolute atomic E-state index is 13.4. The summed E-state index contributed by atoms with van der Waals surface area (Å²) in [4.78, 5) is 0. The van der Waals surface area contributed by atoms with Crippen molar-refractivity contribution in [2.24, 2.45) is 11.8 Å². The van der Waals surface area contributed by atoms with Gasteiger partial charge in [-0.15, -0.1) is 0 Å². The summed E-state index contributed by atoms with van der Waals surface area (Å²) >= 11 is 0. The van der Waals surface area contributed by atoms with Crippen LogP contribution in [0.4, 0.5) is 8.78 Å². The molecule has 3 N–H and O–H groups in total. The minimum absolute atomic E-state index is 0.0405. The summed E-state index contributed by atoms with van der Waals surface area (Å²) in [7, 11) is 0. The van der Waals surface area contributed by atoms with Crippen molar-refractivity contribution in [2.45, 2.75) is 32.7 Å². The topological polar surface area (TPSA) is 38.0 Å². The van der Waals surface area contributed by atoms with Crippen LogP contribution in [0.3, 0.4) is 0 Å². The summed E-state index contributed by atoms with van der Waals surface area (Å²) < 4.78 is 26.4. The second-order valence-electron chi connectivity index (χ2n) is 4.10. The van der Waals surface area contributed by atoms with Crippen LogP contribution in [0.25, 0.3) is 0 Å². The van der Waals surface area contributed by atoms with Gasteiger partial charge in [0.05, 0.1) is 0 Å². The minimum atomic E-state index is -0.420. The predicted octanol–water partition coefficient (Wildman–Crippen LogP) is 2.39. The molecular formula is C12H18F2N2. The van der Waals surface area contributed by atoms with Gasteiger partial charge < -0.3 is 0 Å². The highest BCUT2D eigenvalue weighted by Crippen LogP contribution is 2.16. The number of hydrazine groups is 1. The zero-order valence-corrected chi connectivity index (χ0v) is 9.63. The van der Waals surface area contributed by atoms with Gasteiger partial charge in [0.2, 0.25) is 0 Å². The SMILES string of the molecule is CCC(C)C(Cc1cc(F)ccc1F)NN. The van der Waals surface area contributed by atoms with Crippen molar-refractivity contribution in [1.82, 2.24) is 5.43 Å². The molecule has 2 nitrogen and oxygen atoms in total. The quantitative estimate of drug-likeness (QED) is 0.600. The van der Waals surface area contributed by atoms with E-state index in [0.717, 1.165) is 18.6 Å². The van der Waals surface area contributed by atoms with Gasteiger partial charge in [0, 0.05) is 6.04 Å². The van der Waals surface area contributed by atoms with Crippen LogP contribution in [-0.2, 0) is 6.42 Å². The van der Waals surface area contributed by atoms with E-state index in [1.807, 2.05) is 13.8 Å². The maximum atomic E-state index is 13.4. The first kappa shape index (κ1) is 13.1. The fourth-order valence-corrected chi connectivity index (χ4v) is 1.65. The zero-order valence-electron chi connectivity index (χ0n) is 9.63. The van der Waals surface area contributed by atoms with Gasteiger partial charge in [0.25, 0.3) is 0 Å². The fraction of sp³-hybridized carbons (Fsp3) is 0.500. The third kappa shape index (κ3) is 3.25. The standard InChI is InChI=1S/C12H18F2N2/c1-3-8(2)12(16-15)7-9-6-10(13)4-5-11(9)14/h4-6,8,12,16H,3,7,15H2,1-2H3. The summed E-state index contributed by atoms with van der Waals surface area (Å²) in [5, 5.41) is 0. The minimum Gasteiger partial charge on any atom is -0.271 e. The Morgan fingerprint density at radius 1 is 1.38 bits per heavy atom. The number of hydrogen-bond acceptors (Lipinski definition) is 2. The molecule has 90 valence electrons. The van der Waals surface area contributed by atoms with E-state index in [1.54, 1.807) is 0 Å². The normalized spacial score (nSPS) is 14.8. The molecule has 1 rings (SSSR count). The summed E-state index contributed by atoms with van der Waals surface area (Å²) in [6, 6.07) is 3.45. The second kappa shape index (κ2) is 5.92. The Labute approximate surface area is 94.8 Å². The van der Waals surface area contributed by atoms with Gasteiger partial charge in [-0.2, -0.15) is 0 Å². The van der Waals surface area contributed by atoms with Gasteiger partial charge in [-0.05, 0) is 36.1 Å². The Bertz CT molecular complexity index is 342. The zero-order chi connectivity index (χ0) is 12.1. The molecule has 2 unspecified atom stereocenters. The summed E-state index contributed by atoms with van der Waals surface area (Å²) in [5.41, 5.74) is 3.02. The average molecular weight is 228 g/mol. The van der Waals surface area contributed by atoms with Crippen LogP contribution in [0.15, 0.2) is 18.2 Å². The summed E-state index contributed by atoms with van der Waals surface area (Å²) in [5.74, 6) is 4.93. The van der Waals surface area contributed by atoms with Gasteiger partial charge in [0.1, 0.15) is 11.6 Å². The van der Waals surface area contributed by atoms with Crippen LogP contribution in [0, 0.1) is 17.6 Å². The molecule has 0 fully saturated rings. The molecule has 0 aromatic heterocycles. The van der Waals surface area contributed by atoms with Crippen molar-refractivity contribution < 1.29 is 8.78 Å². The maximum Gasteiger partial charge on any atom is 0.126 e. The van der Waals surface area contributed by atoms with E-state index in [1.165, 1.54) is 6.07 Å². The Balaban J connectivity index is 2.81. The molecule has 16 heavy (non-hydrogen) atoms. The smallest absolute Gasteiger partial charge is 0.126 e. The van der Waals surface area contributed by atoms with E-state index in [9.17, 15) is 8.78 Å². The number of rotatable bonds is 5.